The minimum Gasteiger partial charge on any atom is -0.348 e. The van der Waals surface area contributed by atoms with E-state index in [1.807, 2.05) is 0 Å². The highest BCUT2D eigenvalue weighted by molar-refractivity contribution is 5.73. The number of ether oxygens (including phenoxy) is 2. The predicted octanol–water partition coefficient (Wildman–Crippen LogP) is 0.394. The number of hydrogen-bond acceptors (Lipinski definition) is 3. The van der Waals surface area contributed by atoms with Crippen LogP contribution in [0.1, 0.15) is 6.92 Å². The lowest BCUT2D eigenvalue weighted by Gasteiger charge is -2.21. The highest BCUT2D eigenvalue weighted by Gasteiger charge is 2.20. The van der Waals surface area contributed by atoms with Crippen LogP contribution in [0.5, 0.6) is 0 Å². The fourth-order valence-electron chi connectivity index (χ4n) is 1.18. The van der Waals surface area contributed by atoms with E-state index >= 15 is 0 Å². The van der Waals surface area contributed by atoms with Gasteiger partial charge in [0.15, 0.2) is 6.29 Å². The van der Waals surface area contributed by atoms with Crippen LogP contribution in [-0.4, -0.2) is 43.4 Å². The van der Waals surface area contributed by atoms with E-state index in [4.69, 9.17) is 9.47 Å². The van der Waals surface area contributed by atoms with E-state index in [-0.39, 0.29) is 12.2 Å². The standard InChI is InChI=1S/C9H15NO3/c1-3-4-10(8(2)11)7-9-12-5-6-13-9/h3,9H,1,4-7H2,2H3. The lowest BCUT2D eigenvalue weighted by atomic mass is 10.4. The van der Waals surface area contributed by atoms with Crippen molar-refractivity contribution in [2.45, 2.75) is 13.2 Å². The van der Waals surface area contributed by atoms with Gasteiger partial charge < -0.3 is 14.4 Å². The molecule has 0 aromatic rings. The first-order chi connectivity index (χ1) is 6.24. The van der Waals surface area contributed by atoms with Crippen molar-refractivity contribution in [1.82, 2.24) is 4.90 Å². The fraction of sp³-hybridized carbons (Fsp3) is 0.667. The first kappa shape index (κ1) is 10.2. The maximum atomic E-state index is 11.1. The fourth-order valence-corrected chi connectivity index (χ4v) is 1.18. The minimum atomic E-state index is -0.260. The molecule has 1 aliphatic rings. The monoisotopic (exact) mass is 185 g/mol. The summed E-state index contributed by atoms with van der Waals surface area (Å²) in [6, 6.07) is 0. The summed E-state index contributed by atoms with van der Waals surface area (Å²) in [6.07, 6.45) is 1.43. The Morgan fingerprint density at radius 3 is 2.69 bits per heavy atom. The van der Waals surface area contributed by atoms with Crippen molar-refractivity contribution in [1.29, 1.82) is 0 Å². The number of nitrogens with zero attached hydrogens (tertiary/aromatic N) is 1. The molecule has 0 unspecified atom stereocenters. The number of carbonyl (C=O) groups is 1. The molecule has 13 heavy (non-hydrogen) atoms. The van der Waals surface area contributed by atoms with Crippen LogP contribution >= 0.6 is 0 Å². The molecule has 0 spiro atoms. The van der Waals surface area contributed by atoms with Crippen molar-refractivity contribution in [3.8, 4) is 0 Å². The molecule has 1 amide bonds. The van der Waals surface area contributed by atoms with Crippen LogP contribution in [0.3, 0.4) is 0 Å². The smallest absolute Gasteiger partial charge is 0.219 e. The van der Waals surface area contributed by atoms with Crippen molar-refractivity contribution >= 4 is 5.91 Å². The summed E-state index contributed by atoms with van der Waals surface area (Å²) in [5.74, 6) is 0.0130. The molecular formula is C9H15NO3. The van der Waals surface area contributed by atoms with Gasteiger partial charge in [0.25, 0.3) is 0 Å². The van der Waals surface area contributed by atoms with Crippen molar-refractivity contribution in [2.75, 3.05) is 26.3 Å². The van der Waals surface area contributed by atoms with Crippen LogP contribution in [0.25, 0.3) is 0 Å². The second-order valence-electron chi connectivity index (χ2n) is 2.88. The van der Waals surface area contributed by atoms with Crippen LogP contribution in [0.4, 0.5) is 0 Å². The SMILES string of the molecule is C=CCN(CC1OCCO1)C(C)=O. The highest BCUT2D eigenvalue weighted by Crippen LogP contribution is 2.06. The van der Waals surface area contributed by atoms with Gasteiger partial charge in [-0.2, -0.15) is 0 Å². The number of rotatable bonds is 4. The molecule has 1 rings (SSSR count). The molecule has 0 bridgehead atoms. The number of amides is 1. The Hall–Kier alpha value is -0.870. The molecule has 0 saturated carbocycles. The Bertz CT molecular complexity index is 187. The van der Waals surface area contributed by atoms with Gasteiger partial charge in [-0.1, -0.05) is 6.08 Å². The zero-order chi connectivity index (χ0) is 9.68. The van der Waals surface area contributed by atoms with Crippen molar-refractivity contribution in [3.63, 3.8) is 0 Å². The molecular weight excluding hydrogens is 170 g/mol. The van der Waals surface area contributed by atoms with Crippen LogP contribution in [0.2, 0.25) is 0 Å². The molecule has 0 aromatic heterocycles. The lowest BCUT2D eigenvalue weighted by Crippen LogP contribution is -2.36. The number of carbonyl (C=O) groups excluding carboxylic acids is 1. The van der Waals surface area contributed by atoms with Crippen LogP contribution in [0, 0.1) is 0 Å². The van der Waals surface area contributed by atoms with Gasteiger partial charge in [0.1, 0.15) is 0 Å². The first-order valence-corrected chi connectivity index (χ1v) is 4.33. The van der Waals surface area contributed by atoms with Gasteiger partial charge in [-0.3, -0.25) is 4.79 Å². The summed E-state index contributed by atoms with van der Waals surface area (Å²) in [5.41, 5.74) is 0. The maximum Gasteiger partial charge on any atom is 0.219 e. The normalized spacial score (nSPS) is 17.3. The van der Waals surface area contributed by atoms with Crippen LogP contribution in [0.15, 0.2) is 12.7 Å². The van der Waals surface area contributed by atoms with Crippen molar-refractivity contribution < 1.29 is 14.3 Å². The predicted molar refractivity (Wildman–Crippen MR) is 48.1 cm³/mol. The van der Waals surface area contributed by atoms with Crippen LogP contribution in [-0.2, 0) is 14.3 Å². The average Bonchev–Trinajstić information content (AvgIpc) is 2.56. The van der Waals surface area contributed by atoms with Gasteiger partial charge in [-0.25, -0.2) is 0 Å². The molecule has 1 fully saturated rings. The molecule has 0 aromatic carbocycles. The molecule has 1 aliphatic heterocycles. The molecule has 74 valence electrons. The molecule has 0 N–H and O–H groups in total. The quantitative estimate of drug-likeness (QED) is 0.595. The molecule has 4 heteroatoms. The largest absolute Gasteiger partial charge is 0.348 e. The van der Waals surface area contributed by atoms with E-state index in [0.29, 0.717) is 26.3 Å². The van der Waals surface area contributed by atoms with E-state index in [9.17, 15) is 4.79 Å². The van der Waals surface area contributed by atoms with Gasteiger partial charge in [0.05, 0.1) is 19.8 Å². The van der Waals surface area contributed by atoms with Gasteiger partial charge in [-0.15, -0.1) is 6.58 Å². The third-order valence-corrected chi connectivity index (χ3v) is 1.86. The second-order valence-corrected chi connectivity index (χ2v) is 2.88. The van der Waals surface area contributed by atoms with E-state index in [0.717, 1.165) is 0 Å². The zero-order valence-corrected chi connectivity index (χ0v) is 7.86. The summed E-state index contributed by atoms with van der Waals surface area (Å²) in [4.78, 5) is 12.7. The van der Waals surface area contributed by atoms with E-state index in [1.165, 1.54) is 6.92 Å². The molecule has 1 saturated heterocycles. The molecule has 4 nitrogen and oxygen atoms in total. The Balaban J connectivity index is 2.36. The van der Waals surface area contributed by atoms with Gasteiger partial charge in [0, 0.05) is 13.5 Å². The number of hydrogen-bond donors (Lipinski definition) is 0. The highest BCUT2D eigenvalue weighted by atomic mass is 16.7. The first-order valence-electron chi connectivity index (χ1n) is 4.33. The van der Waals surface area contributed by atoms with E-state index < -0.39 is 0 Å². The molecule has 0 atom stereocenters. The molecule has 1 heterocycles. The third-order valence-electron chi connectivity index (χ3n) is 1.86. The van der Waals surface area contributed by atoms with Crippen molar-refractivity contribution in [3.05, 3.63) is 12.7 Å². The zero-order valence-electron chi connectivity index (χ0n) is 7.86. The Labute approximate surface area is 78.1 Å². The lowest BCUT2D eigenvalue weighted by molar-refractivity contribution is -0.134. The van der Waals surface area contributed by atoms with Gasteiger partial charge >= 0.3 is 0 Å². The average molecular weight is 185 g/mol. The van der Waals surface area contributed by atoms with Crippen molar-refractivity contribution in [2.24, 2.45) is 0 Å². The van der Waals surface area contributed by atoms with Gasteiger partial charge in [0.2, 0.25) is 5.91 Å². The van der Waals surface area contributed by atoms with Crippen LogP contribution < -0.4 is 0 Å². The summed E-state index contributed by atoms with van der Waals surface area (Å²) in [7, 11) is 0. The summed E-state index contributed by atoms with van der Waals surface area (Å²) in [5, 5.41) is 0. The maximum absolute atomic E-state index is 11.1. The summed E-state index contributed by atoms with van der Waals surface area (Å²) < 4.78 is 10.5. The van der Waals surface area contributed by atoms with E-state index in [1.54, 1.807) is 11.0 Å². The molecule has 0 aliphatic carbocycles. The Morgan fingerprint density at radius 2 is 2.23 bits per heavy atom. The van der Waals surface area contributed by atoms with E-state index in [2.05, 4.69) is 6.58 Å². The Morgan fingerprint density at radius 1 is 1.62 bits per heavy atom. The topological polar surface area (TPSA) is 38.8 Å². The van der Waals surface area contributed by atoms with Gasteiger partial charge in [-0.05, 0) is 0 Å². The third kappa shape index (κ3) is 3.16. The molecule has 0 radical (unpaired) electrons. The Kier molecular flexibility index (Phi) is 3.92. The second kappa shape index (κ2) is 4.99. The summed E-state index contributed by atoms with van der Waals surface area (Å²) in [6.45, 7) is 7.37. The summed E-state index contributed by atoms with van der Waals surface area (Å²) >= 11 is 0. The minimum absolute atomic E-state index is 0.0130.